The van der Waals surface area contributed by atoms with E-state index >= 15 is 0 Å². The fourth-order valence-corrected chi connectivity index (χ4v) is 2.81. The summed E-state index contributed by atoms with van der Waals surface area (Å²) in [5.74, 6) is 0.0143. The molecule has 0 saturated carbocycles. The smallest absolute Gasteiger partial charge is 0.339 e. The Kier molecular flexibility index (Phi) is 6.26. The van der Waals surface area contributed by atoms with Crippen molar-refractivity contribution in [2.45, 2.75) is 0 Å². The standard InChI is InChI=1S/C21H16Cl2N2O4/c1-28-21(27)16-8-2-12(10-18(16)24)20(26)25-14-4-6-15(7-5-14)29-19-11-13(22)3-9-17(19)23/h2-11H,24H2,1H3,(H,25,26). The van der Waals surface area contributed by atoms with E-state index in [0.717, 1.165) is 0 Å². The van der Waals surface area contributed by atoms with Crippen LogP contribution in [0.2, 0.25) is 10.0 Å². The van der Waals surface area contributed by atoms with Gasteiger partial charge in [-0.3, -0.25) is 4.79 Å². The van der Waals surface area contributed by atoms with Crippen molar-refractivity contribution in [1.82, 2.24) is 0 Å². The van der Waals surface area contributed by atoms with Gasteiger partial charge < -0.3 is 20.5 Å². The van der Waals surface area contributed by atoms with Gasteiger partial charge in [-0.15, -0.1) is 0 Å². The lowest BCUT2D eigenvalue weighted by Gasteiger charge is -2.10. The highest BCUT2D eigenvalue weighted by Gasteiger charge is 2.13. The van der Waals surface area contributed by atoms with Crippen molar-refractivity contribution in [2.75, 3.05) is 18.2 Å². The number of hydrogen-bond acceptors (Lipinski definition) is 5. The maximum Gasteiger partial charge on any atom is 0.339 e. The van der Waals surface area contributed by atoms with Crippen LogP contribution < -0.4 is 15.8 Å². The van der Waals surface area contributed by atoms with Gasteiger partial charge in [0.05, 0.1) is 17.7 Å². The zero-order chi connectivity index (χ0) is 21.0. The number of esters is 1. The predicted octanol–water partition coefficient (Wildman–Crippen LogP) is 5.41. The molecule has 6 nitrogen and oxygen atoms in total. The molecule has 3 aromatic carbocycles. The Morgan fingerprint density at radius 1 is 0.966 bits per heavy atom. The number of carbonyl (C=O) groups is 2. The number of hydrogen-bond donors (Lipinski definition) is 2. The molecule has 0 aliphatic heterocycles. The molecule has 0 unspecified atom stereocenters. The largest absolute Gasteiger partial charge is 0.465 e. The molecule has 0 atom stereocenters. The van der Waals surface area contributed by atoms with Gasteiger partial charge in [-0.05, 0) is 54.6 Å². The summed E-state index contributed by atoms with van der Waals surface area (Å²) in [5, 5.41) is 3.68. The van der Waals surface area contributed by atoms with Gasteiger partial charge in [0.1, 0.15) is 11.5 Å². The van der Waals surface area contributed by atoms with E-state index in [1.54, 1.807) is 42.5 Å². The van der Waals surface area contributed by atoms with Crippen LogP contribution in [0, 0.1) is 0 Å². The van der Waals surface area contributed by atoms with Gasteiger partial charge in [-0.2, -0.15) is 0 Å². The monoisotopic (exact) mass is 430 g/mol. The van der Waals surface area contributed by atoms with E-state index in [4.69, 9.17) is 33.7 Å². The Morgan fingerprint density at radius 3 is 2.34 bits per heavy atom. The third-order valence-electron chi connectivity index (χ3n) is 3.95. The molecule has 0 spiro atoms. The Labute approximate surface area is 177 Å². The molecule has 29 heavy (non-hydrogen) atoms. The van der Waals surface area contributed by atoms with E-state index in [1.807, 2.05) is 0 Å². The van der Waals surface area contributed by atoms with Gasteiger partial charge in [0, 0.05) is 28.0 Å². The lowest BCUT2D eigenvalue weighted by Crippen LogP contribution is -2.13. The number of halogens is 2. The minimum atomic E-state index is -0.565. The molecule has 0 radical (unpaired) electrons. The summed E-state index contributed by atoms with van der Waals surface area (Å²) in [6.45, 7) is 0. The maximum atomic E-state index is 12.4. The van der Waals surface area contributed by atoms with E-state index in [1.165, 1.54) is 25.3 Å². The Morgan fingerprint density at radius 2 is 1.69 bits per heavy atom. The molecule has 0 heterocycles. The van der Waals surface area contributed by atoms with E-state index in [2.05, 4.69) is 10.1 Å². The summed E-state index contributed by atoms with van der Waals surface area (Å²) in [5.41, 5.74) is 7.04. The first kappa shape index (κ1) is 20.5. The molecule has 0 aliphatic carbocycles. The topological polar surface area (TPSA) is 90.7 Å². The van der Waals surface area contributed by atoms with Gasteiger partial charge in [0.15, 0.2) is 0 Å². The fraction of sp³-hybridized carbons (Fsp3) is 0.0476. The molecule has 1 amide bonds. The van der Waals surface area contributed by atoms with Gasteiger partial charge in [0.2, 0.25) is 0 Å². The van der Waals surface area contributed by atoms with Crippen molar-refractivity contribution in [3.63, 3.8) is 0 Å². The van der Waals surface area contributed by atoms with Crippen molar-refractivity contribution >= 4 is 46.5 Å². The summed E-state index contributed by atoms with van der Waals surface area (Å²) in [6.07, 6.45) is 0. The normalized spacial score (nSPS) is 10.3. The van der Waals surface area contributed by atoms with Gasteiger partial charge >= 0.3 is 5.97 Å². The number of rotatable bonds is 5. The van der Waals surface area contributed by atoms with Crippen LogP contribution in [0.4, 0.5) is 11.4 Å². The van der Waals surface area contributed by atoms with Crippen LogP contribution in [0.15, 0.2) is 60.7 Å². The van der Waals surface area contributed by atoms with E-state index in [0.29, 0.717) is 32.8 Å². The molecule has 3 N–H and O–H groups in total. The number of benzene rings is 3. The Hall–Kier alpha value is -3.22. The first-order valence-electron chi connectivity index (χ1n) is 8.39. The van der Waals surface area contributed by atoms with Crippen LogP contribution in [0.25, 0.3) is 0 Å². The van der Waals surface area contributed by atoms with Crippen LogP contribution in [0.5, 0.6) is 11.5 Å². The van der Waals surface area contributed by atoms with Crippen LogP contribution in [0.1, 0.15) is 20.7 Å². The maximum absolute atomic E-state index is 12.4. The number of anilines is 2. The molecular weight excluding hydrogens is 415 g/mol. The lowest BCUT2D eigenvalue weighted by atomic mass is 10.1. The zero-order valence-electron chi connectivity index (χ0n) is 15.2. The van der Waals surface area contributed by atoms with E-state index < -0.39 is 5.97 Å². The van der Waals surface area contributed by atoms with Crippen LogP contribution in [-0.4, -0.2) is 19.0 Å². The average Bonchev–Trinajstić information content (AvgIpc) is 2.71. The number of methoxy groups -OCH3 is 1. The first-order chi connectivity index (χ1) is 13.9. The quantitative estimate of drug-likeness (QED) is 0.417. The lowest BCUT2D eigenvalue weighted by molar-refractivity contribution is 0.0601. The number of amides is 1. The van der Waals surface area contributed by atoms with Gasteiger partial charge in [-0.25, -0.2) is 4.79 Å². The minimum Gasteiger partial charge on any atom is -0.465 e. The average molecular weight is 431 g/mol. The molecule has 0 aromatic heterocycles. The summed E-state index contributed by atoms with van der Waals surface area (Å²) in [4.78, 5) is 24.0. The highest BCUT2D eigenvalue weighted by atomic mass is 35.5. The van der Waals surface area contributed by atoms with E-state index in [-0.39, 0.29) is 17.2 Å². The third-order valence-corrected chi connectivity index (χ3v) is 4.50. The highest BCUT2D eigenvalue weighted by molar-refractivity contribution is 6.34. The van der Waals surface area contributed by atoms with Gasteiger partial charge in [0.25, 0.3) is 5.91 Å². The second-order valence-corrected chi connectivity index (χ2v) is 6.79. The summed E-state index contributed by atoms with van der Waals surface area (Å²) < 4.78 is 10.3. The molecule has 0 aliphatic rings. The third kappa shape index (κ3) is 4.99. The van der Waals surface area contributed by atoms with Crippen molar-refractivity contribution in [3.05, 3.63) is 81.8 Å². The van der Waals surface area contributed by atoms with Crippen molar-refractivity contribution in [1.29, 1.82) is 0 Å². The number of nitrogen functional groups attached to an aromatic ring is 1. The molecule has 8 heteroatoms. The molecule has 3 aromatic rings. The molecular formula is C21H16Cl2N2O4. The SMILES string of the molecule is COC(=O)c1ccc(C(=O)Nc2ccc(Oc3cc(Cl)ccc3Cl)cc2)cc1N. The van der Waals surface area contributed by atoms with Crippen LogP contribution in [0.3, 0.4) is 0 Å². The van der Waals surface area contributed by atoms with Crippen LogP contribution >= 0.6 is 23.2 Å². The first-order valence-corrected chi connectivity index (χ1v) is 9.15. The summed E-state index contributed by atoms with van der Waals surface area (Å²) in [6, 6.07) is 16.0. The van der Waals surface area contributed by atoms with E-state index in [9.17, 15) is 9.59 Å². The molecule has 0 bridgehead atoms. The Bertz CT molecular complexity index is 1070. The van der Waals surface area contributed by atoms with Crippen LogP contribution in [-0.2, 0) is 4.74 Å². The summed E-state index contributed by atoms with van der Waals surface area (Å²) >= 11 is 12.0. The molecule has 3 rings (SSSR count). The van der Waals surface area contributed by atoms with Crippen molar-refractivity contribution < 1.29 is 19.1 Å². The second-order valence-electron chi connectivity index (χ2n) is 5.95. The number of nitrogens with one attached hydrogen (secondary N) is 1. The molecule has 148 valence electrons. The highest BCUT2D eigenvalue weighted by Crippen LogP contribution is 2.32. The van der Waals surface area contributed by atoms with Crippen molar-refractivity contribution in [3.8, 4) is 11.5 Å². The van der Waals surface area contributed by atoms with Gasteiger partial charge in [-0.1, -0.05) is 23.2 Å². The number of carbonyl (C=O) groups excluding carboxylic acids is 2. The second kappa shape index (κ2) is 8.86. The molecule has 0 saturated heterocycles. The minimum absolute atomic E-state index is 0.159. The number of nitrogens with two attached hydrogens (primary N) is 1. The molecule has 0 fully saturated rings. The zero-order valence-corrected chi connectivity index (χ0v) is 16.8. The fourth-order valence-electron chi connectivity index (χ4n) is 2.49. The number of ether oxygens (including phenoxy) is 2. The van der Waals surface area contributed by atoms with Crippen molar-refractivity contribution in [2.24, 2.45) is 0 Å². The summed E-state index contributed by atoms with van der Waals surface area (Å²) in [7, 11) is 1.26. The predicted molar refractivity (Wildman–Crippen MR) is 113 cm³/mol. The Balaban J connectivity index is 1.69.